The molecule has 2 aromatic heterocycles. The number of hydrogen-bond donors (Lipinski definition) is 1. The first-order valence-electron chi connectivity index (χ1n) is 6.67. The Labute approximate surface area is 136 Å². The first-order chi connectivity index (χ1) is 10.1. The Morgan fingerprint density at radius 3 is 2.81 bits per heavy atom. The maximum absolute atomic E-state index is 6.19. The van der Waals surface area contributed by atoms with Crippen LogP contribution in [0.4, 0.5) is 5.69 Å². The summed E-state index contributed by atoms with van der Waals surface area (Å²) in [6.07, 6.45) is 0.789. The lowest BCUT2D eigenvalue weighted by molar-refractivity contribution is 0.538. The number of halogens is 2. The second-order valence-corrected chi connectivity index (χ2v) is 7.07. The Hall–Kier alpha value is -1.23. The molecule has 3 nitrogen and oxygen atoms in total. The quantitative estimate of drug-likeness (QED) is 0.639. The summed E-state index contributed by atoms with van der Waals surface area (Å²) >= 11 is 13.6. The fourth-order valence-electron chi connectivity index (χ4n) is 2.19. The molecule has 21 heavy (non-hydrogen) atoms. The van der Waals surface area contributed by atoms with Gasteiger partial charge in [-0.05, 0) is 31.2 Å². The van der Waals surface area contributed by atoms with Gasteiger partial charge in [-0.25, -0.2) is 4.98 Å². The van der Waals surface area contributed by atoms with E-state index in [1.165, 1.54) is 11.3 Å². The highest BCUT2D eigenvalue weighted by atomic mass is 35.5. The Morgan fingerprint density at radius 2 is 2.14 bits per heavy atom. The van der Waals surface area contributed by atoms with E-state index >= 15 is 0 Å². The van der Waals surface area contributed by atoms with Crippen LogP contribution in [0.5, 0.6) is 0 Å². The van der Waals surface area contributed by atoms with Crippen LogP contribution in [0.15, 0.2) is 28.7 Å². The van der Waals surface area contributed by atoms with Gasteiger partial charge in [0, 0.05) is 17.7 Å². The average molecular weight is 341 g/mol. The molecule has 2 heterocycles. The van der Waals surface area contributed by atoms with Crippen LogP contribution in [0.2, 0.25) is 8.67 Å². The van der Waals surface area contributed by atoms with E-state index in [-0.39, 0.29) is 6.04 Å². The lowest BCUT2D eigenvalue weighted by atomic mass is 10.1. The van der Waals surface area contributed by atoms with Gasteiger partial charge in [0.25, 0.3) is 0 Å². The van der Waals surface area contributed by atoms with Crippen molar-refractivity contribution in [3.8, 4) is 0 Å². The van der Waals surface area contributed by atoms with Crippen LogP contribution in [0, 0.1) is 0 Å². The van der Waals surface area contributed by atoms with E-state index in [0.29, 0.717) is 4.34 Å². The maximum atomic E-state index is 6.19. The summed E-state index contributed by atoms with van der Waals surface area (Å²) in [7, 11) is 0. The number of aryl methyl sites for hydroxylation is 1. The number of hydrogen-bond acceptors (Lipinski definition) is 4. The third kappa shape index (κ3) is 3.03. The molecule has 0 aliphatic heterocycles. The van der Waals surface area contributed by atoms with E-state index in [1.54, 1.807) is 0 Å². The number of anilines is 1. The lowest BCUT2D eigenvalue weighted by Gasteiger charge is -2.14. The summed E-state index contributed by atoms with van der Waals surface area (Å²) in [5.41, 5.74) is 3.64. The minimum absolute atomic E-state index is 0.0660. The molecule has 3 rings (SSSR count). The largest absolute Gasteiger partial charge is 0.441 e. The summed E-state index contributed by atoms with van der Waals surface area (Å²) < 4.78 is 7.02. The van der Waals surface area contributed by atoms with E-state index in [1.807, 2.05) is 31.2 Å². The highest BCUT2D eigenvalue weighted by Gasteiger charge is 2.14. The van der Waals surface area contributed by atoms with Crippen LogP contribution in [0.25, 0.3) is 11.1 Å². The van der Waals surface area contributed by atoms with Gasteiger partial charge in [0.05, 0.1) is 14.7 Å². The molecule has 0 radical (unpaired) electrons. The number of rotatable bonds is 4. The third-order valence-electron chi connectivity index (χ3n) is 3.27. The zero-order valence-corrected chi connectivity index (χ0v) is 13.9. The van der Waals surface area contributed by atoms with E-state index < -0.39 is 0 Å². The van der Waals surface area contributed by atoms with E-state index in [9.17, 15) is 0 Å². The molecule has 0 aliphatic rings. The van der Waals surface area contributed by atoms with Crippen molar-refractivity contribution in [3.63, 3.8) is 0 Å². The molecule has 6 heteroatoms. The number of thiophene rings is 1. The second kappa shape index (κ2) is 5.87. The Kier molecular flexibility index (Phi) is 4.11. The topological polar surface area (TPSA) is 38.1 Å². The van der Waals surface area contributed by atoms with Crippen LogP contribution in [0.1, 0.15) is 31.3 Å². The number of benzene rings is 1. The van der Waals surface area contributed by atoms with Crippen molar-refractivity contribution in [3.05, 3.63) is 44.4 Å². The first-order valence-corrected chi connectivity index (χ1v) is 8.24. The SMILES string of the molecule is CCc1nc2cc(NC(C)c3cc(Cl)sc3Cl)ccc2o1. The predicted molar refractivity (Wildman–Crippen MR) is 89.8 cm³/mol. The summed E-state index contributed by atoms with van der Waals surface area (Å²) in [4.78, 5) is 4.44. The maximum Gasteiger partial charge on any atom is 0.195 e. The molecule has 3 aromatic rings. The molecule has 1 N–H and O–H groups in total. The molecule has 1 aromatic carbocycles. The molecule has 0 bridgehead atoms. The Balaban J connectivity index is 1.85. The van der Waals surface area contributed by atoms with Crippen molar-refractivity contribution in [2.45, 2.75) is 26.3 Å². The third-order valence-corrected chi connectivity index (χ3v) is 4.79. The molecule has 0 saturated carbocycles. The zero-order chi connectivity index (χ0) is 15.0. The van der Waals surface area contributed by atoms with Gasteiger partial charge in [0.15, 0.2) is 11.5 Å². The van der Waals surface area contributed by atoms with Gasteiger partial charge < -0.3 is 9.73 Å². The number of oxazole rings is 1. The molecule has 0 spiro atoms. The van der Waals surface area contributed by atoms with Crippen LogP contribution in [0.3, 0.4) is 0 Å². The molecule has 110 valence electrons. The number of nitrogens with one attached hydrogen (secondary N) is 1. The highest BCUT2D eigenvalue weighted by Crippen LogP contribution is 2.36. The minimum atomic E-state index is 0.0660. The summed E-state index contributed by atoms with van der Waals surface area (Å²) in [5, 5.41) is 3.41. The molecule has 0 aliphatic carbocycles. The van der Waals surface area contributed by atoms with Gasteiger partial charge in [0.1, 0.15) is 5.52 Å². The number of nitrogens with zero attached hydrogens (tertiary/aromatic N) is 1. The van der Waals surface area contributed by atoms with Crippen LogP contribution in [-0.4, -0.2) is 4.98 Å². The molecule has 1 atom stereocenters. The molecule has 1 unspecified atom stereocenters. The fraction of sp³-hybridized carbons (Fsp3) is 0.267. The van der Waals surface area contributed by atoms with Gasteiger partial charge in [-0.3, -0.25) is 0 Å². The van der Waals surface area contributed by atoms with Crippen molar-refractivity contribution in [2.24, 2.45) is 0 Å². The van der Waals surface area contributed by atoms with Gasteiger partial charge in [-0.15, -0.1) is 11.3 Å². The van der Waals surface area contributed by atoms with Crippen molar-refractivity contribution in [1.29, 1.82) is 0 Å². The Morgan fingerprint density at radius 1 is 1.33 bits per heavy atom. The number of fused-ring (bicyclic) bond motifs is 1. The summed E-state index contributed by atoms with van der Waals surface area (Å²) in [5.74, 6) is 0.753. The molecular weight excluding hydrogens is 327 g/mol. The number of aromatic nitrogens is 1. The first kappa shape index (κ1) is 14.7. The smallest absolute Gasteiger partial charge is 0.195 e. The average Bonchev–Trinajstić information content (AvgIpc) is 3.00. The van der Waals surface area contributed by atoms with E-state index in [2.05, 4.69) is 17.2 Å². The lowest BCUT2D eigenvalue weighted by Crippen LogP contribution is -2.05. The van der Waals surface area contributed by atoms with Crippen LogP contribution >= 0.6 is 34.5 Å². The van der Waals surface area contributed by atoms with Crippen molar-refractivity contribution in [2.75, 3.05) is 5.32 Å². The van der Waals surface area contributed by atoms with Crippen molar-refractivity contribution >= 4 is 51.3 Å². The standard InChI is InChI=1S/C15H14Cl2N2OS/c1-3-14-19-11-6-9(4-5-12(11)20-14)18-8(2)10-7-13(16)21-15(10)17/h4-8,18H,3H2,1-2H3. The minimum Gasteiger partial charge on any atom is -0.441 e. The summed E-state index contributed by atoms with van der Waals surface area (Å²) in [6.45, 7) is 4.07. The van der Waals surface area contributed by atoms with Gasteiger partial charge in [-0.2, -0.15) is 0 Å². The van der Waals surface area contributed by atoms with Gasteiger partial charge >= 0.3 is 0 Å². The highest BCUT2D eigenvalue weighted by molar-refractivity contribution is 7.20. The molecule has 0 fully saturated rings. The normalized spacial score (nSPS) is 12.8. The fourth-order valence-corrected chi connectivity index (χ4v) is 3.84. The van der Waals surface area contributed by atoms with Gasteiger partial charge in [0.2, 0.25) is 0 Å². The van der Waals surface area contributed by atoms with Crippen LogP contribution < -0.4 is 5.32 Å². The van der Waals surface area contributed by atoms with Crippen molar-refractivity contribution < 1.29 is 4.42 Å². The van der Waals surface area contributed by atoms with Crippen LogP contribution in [-0.2, 0) is 6.42 Å². The Bertz CT molecular complexity index is 781. The van der Waals surface area contributed by atoms with E-state index in [4.69, 9.17) is 27.6 Å². The monoisotopic (exact) mass is 340 g/mol. The second-order valence-electron chi connectivity index (χ2n) is 4.79. The molecular formula is C15H14Cl2N2OS. The van der Waals surface area contributed by atoms with Gasteiger partial charge in [-0.1, -0.05) is 30.1 Å². The molecule has 0 amide bonds. The van der Waals surface area contributed by atoms with E-state index in [0.717, 1.165) is 39.0 Å². The summed E-state index contributed by atoms with van der Waals surface area (Å²) in [6, 6.07) is 7.85. The predicted octanol–water partition coefficient (Wildman–Crippen LogP) is 5.93. The molecule has 0 saturated heterocycles. The zero-order valence-electron chi connectivity index (χ0n) is 11.6. The van der Waals surface area contributed by atoms with Crippen molar-refractivity contribution in [1.82, 2.24) is 4.98 Å².